The van der Waals surface area contributed by atoms with Gasteiger partial charge in [0.05, 0.1) is 6.61 Å². The number of aromatic nitrogens is 3. The molecule has 0 aliphatic heterocycles. The second-order valence-corrected chi connectivity index (χ2v) is 4.08. The number of nitrogens with zero attached hydrogens (tertiary/aromatic N) is 3. The Morgan fingerprint density at radius 1 is 1.47 bits per heavy atom. The Morgan fingerprint density at radius 2 is 2.35 bits per heavy atom. The number of hydrogen-bond donors (Lipinski definition) is 0. The van der Waals surface area contributed by atoms with Crippen molar-refractivity contribution in [1.29, 1.82) is 0 Å². The zero-order chi connectivity index (χ0) is 11.8. The standard InChI is InChI=1S/C12H13N3O2/c1-2-17-11-9-4-3-5-10(9)15-6-8(7-16)13-12(15)14-11/h6-7H,2-5H2,1H3. The maximum atomic E-state index is 10.8. The van der Waals surface area contributed by atoms with Gasteiger partial charge in [-0.3, -0.25) is 9.20 Å². The molecule has 0 saturated heterocycles. The highest BCUT2D eigenvalue weighted by Gasteiger charge is 2.21. The number of carbonyl (C=O) groups excluding carboxylic acids is 1. The van der Waals surface area contributed by atoms with E-state index in [1.54, 1.807) is 6.20 Å². The maximum Gasteiger partial charge on any atom is 0.237 e. The Hall–Kier alpha value is -1.91. The molecule has 0 bridgehead atoms. The van der Waals surface area contributed by atoms with E-state index in [4.69, 9.17) is 4.74 Å². The summed E-state index contributed by atoms with van der Waals surface area (Å²) in [5, 5.41) is 0. The lowest BCUT2D eigenvalue weighted by Gasteiger charge is -2.09. The molecule has 0 fully saturated rings. The van der Waals surface area contributed by atoms with E-state index in [0.717, 1.165) is 31.1 Å². The van der Waals surface area contributed by atoms with Gasteiger partial charge in [0.2, 0.25) is 11.7 Å². The van der Waals surface area contributed by atoms with Crippen LogP contribution < -0.4 is 4.74 Å². The molecule has 0 saturated carbocycles. The summed E-state index contributed by atoms with van der Waals surface area (Å²) in [6.45, 7) is 2.53. The molecule has 0 amide bonds. The lowest BCUT2D eigenvalue weighted by Crippen LogP contribution is -2.04. The van der Waals surface area contributed by atoms with Crippen LogP contribution in [0.25, 0.3) is 5.78 Å². The molecule has 0 unspecified atom stereocenters. The van der Waals surface area contributed by atoms with Gasteiger partial charge in [-0.2, -0.15) is 4.98 Å². The molecule has 5 nitrogen and oxygen atoms in total. The van der Waals surface area contributed by atoms with Crippen molar-refractivity contribution in [1.82, 2.24) is 14.4 Å². The first kappa shape index (κ1) is 10.3. The van der Waals surface area contributed by atoms with Crippen LogP contribution in [0.1, 0.15) is 35.1 Å². The molecular weight excluding hydrogens is 218 g/mol. The average Bonchev–Trinajstić information content (AvgIpc) is 2.94. The van der Waals surface area contributed by atoms with Gasteiger partial charge >= 0.3 is 0 Å². The number of rotatable bonds is 3. The van der Waals surface area contributed by atoms with E-state index < -0.39 is 0 Å². The number of hydrogen-bond acceptors (Lipinski definition) is 4. The summed E-state index contributed by atoms with van der Waals surface area (Å²) in [4.78, 5) is 19.3. The molecule has 2 aromatic heterocycles. The number of fused-ring (bicyclic) bond motifs is 3. The Labute approximate surface area is 98.4 Å². The second-order valence-electron chi connectivity index (χ2n) is 4.08. The minimum atomic E-state index is 0.417. The van der Waals surface area contributed by atoms with E-state index in [0.29, 0.717) is 24.0 Å². The highest BCUT2D eigenvalue weighted by molar-refractivity contribution is 5.73. The third-order valence-corrected chi connectivity index (χ3v) is 3.05. The molecule has 17 heavy (non-hydrogen) atoms. The van der Waals surface area contributed by atoms with E-state index in [1.165, 1.54) is 5.69 Å². The molecule has 0 spiro atoms. The monoisotopic (exact) mass is 231 g/mol. The molecule has 3 rings (SSSR count). The van der Waals surface area contributed by atoms with Crippen LogP contribution in [0.15, 0.2) is 6.20 Å². The fraction of sp³-hybridized carbons (Fsp3) is 0.417. The molecule has 5 heteroatoms. The molecule has 2 aromatic rings. The van der Waals surface area contributed by atoms with Crippen molar-refractivity contribution < 1.29 is 9.53 Å². The first-order valence-corrected chi connectivity index (χ1v) is 5.82. The lowest BCUT2D eigenvalue weighted by molar-refractivity contribution is 0.111. The predicted octanol–water partition coefficient (Wildman–Crippen LogP) is 1.43. The van der Waals surface area contributed by atoms with Crippen molar-refractivity contribution in [2.45, 2.75) is 26.2 Å². The van der Waals surface area contributed by atoms with Crippen molar-refractivity contribution in [3.63, 3.8) is 0 Å². The molecule has 0 N–H and O–H groups in total. The van der Waals surface area contributed by atoms with Crippen molar-refractivity contribution in [2.24, 2.45) is 0 Å². The van der Waals surface area contributed by atoms with E-state index in [9.17, 15) is 4.79 Å². The number of aryl methyl sites for hydroxylation is 1. The number of aldehydes is 1. The molecule has 0 radical (unpaired) electrons. The van der Waals surface area contributed by atoms with E-state index >= 15 is 0 Å². The molecule has 1 aliphatic carbocycles. The van der Waals surface area contributed by atoms with Crippen molar-refractivity contribution in [3.05, 3.63) is 23.1 Å². The Balaban J connectivity index is 2.27. The van der Waals surface area contributed by atoms with Gasteiger partial charge in [0.25, 0.3) is 0 Å². The third kappa shape index (κ3) is 1.50. The minimum absolute atomic E-state index is 0.417. The first-order valence-electron chi connectivity index (χ1n) is 5.82. The molecule has 0 aromatic carbocycles. The largest absolute Gasteiger partial charge is 0.478 e. The molecule has 2 heterocycles. The van der Waals surface area contributed by atoms with Crippen LogP contribution in [-0.2, 0) is 12.8 Å². The van der Waals surface area contributed by atoms with Gasteiger partial charge in [-0.05, 0) is 26.2 Å². The first-order chi connectivity index (χ1) is 8.33. The topological polar surface area (TPSA) is 56.5 Å². The summed E-state index contributed by atoms with van der Waals surface area (Å²) in [7, 11) is 0. The van der Waals surface area contributed by atoms with Crippen LogP contribution in [0.3, 0.4) is 0 Å². The summed E-state index contributed by atoms with van der Waals surface area (Å²) in [6.07, 6.45) is 5.57. The van der Waals surface area contributed by atoms with Gasteiger partial charge in [-0.25, -0.2) is 4.98 Å². The summed E-state index contributed by atoms with van der Waals surface area (Å²) in [5.74, 6) is 1.23. The van der Waals surface area contributed by atoms with E-state index in [1.807, 2.05) is 11.3 Å². The molecular formula is C12H13N3O2. The van der Waals surface area contributed by atoms with Gasteiger partial charge in [-0.15, -0.1) is 0 Å². The van der Waals surface area contributed by atoms with Gasteiger partial charge < -0.3 is 4.74 Å². The maximum absolute atomic E-state index is 10.8. The summed E-state index contributed by atoms with van der Waals surface area (Å²) in [6, 6.07) is 0. The molecule has 88 valence electrons. The van der Waals surface area contributed by atoms with Gasteiger partial charge in [-0.1, -0.05) is 0 Å². The van der Waals surface area contributed by atoms with E-state index in [-0.39, 0.29) is 0 Å². The quantitative estimate of drug-likeness (QED) is 0.750. The zero-order valence-corrected chi connectivity index (χ0v) is 9.64. The lowest BCUT2D eigenvalue weighted by atomic mass is 10.2. The number of ether oxygens (including phenoxy) is 1. The summed E-state index contributed by atoms with van der Waals surface area (Å²) in [5.41, 5.74) is 2.76. The Kier molecular flexibility index (Phi) is 2.31. The van der Waals surface area contributed by atoms with Gasteiger partial charge in [0, 0.05) is 17.5 Å². The summed E-state index contributed by atoms with van der Waals surface area (Å²) < 4.78 is 7.46. The number of carbonyl (C=O) groups is 1. The van der Waals surface area contributed by atoms with Crippen molar-refractivity contribution >= 4 is 12.1 Å². The summed E-state index contributed by atoms with van der Waals surface area (Å²) >= 11 is 0. The Morgan fingerprint density at radius 3 is 3.12 bits per heavy atom. The fourth-order valence-corrected chi connectivity index (χ4v) is 2.36. The fourth-order valence-electron chi connectivity index (χ4n) is 2.36. The Bertz CT molecular complexity index is 589. The smallest absolute Gasteiger partial charge is 0.237 e. The predicted molar refractivity (Wildman–Crippen MR) is 61.6 cm³/mol. The van der Waals surface area contributed by atoms with Crippen LogP contribution >= 0.6 is 0 Å². The van der Waals surface area contributed by atoms with Crippen molar-refractivity contribution in [3.8, 4) is 5.88 Å². The SMILES string of the molecule is CCOc1nc2nc(C=O)cn2c2c1CCC2. The number of imidazole rings is 1. The van der Waals surface area contributed by atoms with E-state index in [2.05, 4.69) is 9.97 Å². The normalized spacial score (nSPS) is 13.9. The van der Waals surface area contributed by atoms with Crippen LogP contribution in [-0.4, -0.2) is 27.3 Å². The molecule has 0 atom stereocenters. The third-order valence-electron chi connectivity index (χ3n) is 3.05. The minimum Gasteiger partial charge on any atom is -0.478 e. The van der Waals surface area contributed by atoms with Crippen LogP contribution in [0.4, 0.5) is 0 Å². The van der Waals surface area contributed by atoms with Crippen LogP contribution in [0.5, 0.6) is 5.88 Å². The van der Waals surface area contributed by atoms with Crippen LogP contribution in [0.2, 0.25) is 0 Å². The zero-order valence-electron chi connectivity index (χ0n) is 9.64. The van der Waals surface area contributed by atoms with Crippen molar-refractivity contribution in [2.75, 3.05) is 6.61 Å². The highest BCUT2D eigenvalue weighted by Crippen LogP contribution is 2.29. The average molecular weight is 231 g/mol. The second kappa shape index (κ2) is 3.84. The van der Waals surface area contributed by atoms with Crippen LogP contribution in [0, 0.1) is 0 Å². The van der Waals surface area contributed by atoms with Gasteiger partial charge in [0.15, 0.2) is 6.29 Å². The highest BCUT2D eigenvalue weighted by atomic mass is 16.5. The molecule has 1 aliphatic rings. The van der Waals surface area contributed by atoms with Gasteiger partial charge in [0.1, 0.15) is 5.69 Å².